The summed E-state index contributed by atoms with van der Waals surface area (Å²) in [7, 11) is 0. The number of pyridine rings is 1. The Morgan fingerprint density at radius 3 is 3.04 bits per heavy atom. The number of nitrogens with one attached hydrogen (secondary N) is 1. The minimum atomic E-state index is -0.984. The predicted octanol–water partition coefficient (Wildman–Crippen LogP) is 1.32. The maximum atomic E-state index is 12.4. The van der Waals surface area contributed by atoms with Crippen LogP contribution in [0.2, 0.25) is 0 Å². The van der Waals surface area contributed by atoms with Crippen LogP contribution in [0, 0.1) is 6.92 Å². The Hall–Kier alpha value is -1.70. The largest absolute Gasteiger partial charge is 0.394 e. The van der Waals surface area contributed by atoms with Crippen molar-refractivity contribution >= 4 is 11.7 Å². The molecule has 3 N–H and O–H groups in total. The summed E-state index contributed by atoms with van der Waals surface area (Å²) in [5, 5.41) is 21.6. The molecule has 1 aliphatic heterocycles. The van der Waals surface area contributed by atoms with E-state index in [4.69, 9.17) is 9.84 Å². The highest BCUT2D eigenvalue weighted by Gasteiger charge is 2.29. The van der Waals surface area contributed by atoms with Crippen LogP contribution in [0.15, 0.2) is 12.3 Å². The molecule has 0 unspecified atom stereocenters. The fraction of sp³-hybridized carbons (Fsp3) is 0.647. The van der Waals surface area contributed by atoms with Crippen LogP contribution in [-0.2, 0) is 11.2 Å². The van der Waals surface area contributed by atoms with E-state index in [1.165, 1.54) is 0 Å². The highest BCUT2D eigenvalue weighted by Crippen LogP contribution is 2.17. The van der Waals surface area contributed by atoms with E-state index in [0.717, 1.165) is 30.5 Å². The first-order valence-electron chi connectivity index (χ1n) is 8.47. The first-order chi connectivity index (χ1) is 11.5. The number of rotatable bonds is 6. The van der Waals surface area contributed by atoms with Gasteiger partial charge in [0.15, 0.2) is 0 Å². The second-order valence-corrected chi connectivity index (χ2v) is 6.13. The molecule has 1 fully saturated rings. The van der Waals surface area contributed by atoms with Crippen molar-refractivity contribution in [1.82, 2.24) is 9.88 Å². The zero-order chi connectivity index (χ0) is 17.5. The Balaban J connectivity index is 1.96. The van der Waals surface area contributed by atoms with Crippen molar-refractivity contribution in [2.24, 2.45) is 0 Å². The molecule has 1 aromatic rings. The second-order valence-electron chi connectivity index (χ2n) is 6.13. The van der Waals surface area contributed by atoms with Gasteiger partial charge in [-0.2, -0.15) is 0 Å². The van der Waals surface area contributed by atoms with Crippen LogP contribution in [0.5, 0.6) is 0 Å². The average Bonchev–Trinajstić information content (AvgIpc) is 2.61. The lowest BCUT2D eigenvalue weighted by atomic mass is 10.1. The number of hydrogen-bond acceptors (Lipinski definition) is 5. The quantitative estimate of drug-likeness (QED) is 0.728. The molecule has 7 nitrogen and oxygen atoms in total. The third-order valence-electron chi connectivity index (χ3n) is 4.19. The minimum absolute atomic E-state index is 0.245. The zero-order valence-electron chi connectivity index (χ0n) is 14.4. The van der Waals surface area contributed by atoms with Crippen molar-refractivity contribution in [1.29, 1.82) is 0 Å². The Bertz CT molecular complexity index is 553. The molecule has 7 heteroatoms. The summed E-state index contributed by atoms with van der Waals surface area (Å²) < 4.78 is 5.39. The number of aromatic nitrogens is 1. The van der Waals surface area contributed by atoms with E-state index in [9.17, 15) is 9.90 Å². The van der Waals surface area contributed by atoms with Crippen molar-refractivity contribution in [3.63, 3.8) is 0 Å². The number of hydrogen-bond donors (Lipinski definition) is 3. The molecule has 0 aromatic carbocycles. The lowest BCUT2D eigenvalue weighted by molar-refractivity contribution is -0.0912. The van der Waals surface area contributed by atoms with Crippen LogP contribution in [0.3, 0.4) is 0 Å². The number of amides is 2. The van der Waals surface area contributed by atoms with Crippen LogP contribution >= 0.6 is 0 Å². The lowest BCUT2D eigenvalue weighted by Gasteiger charge is -2.34. The molecule has 134 valence electrons. The predicted molar refractivity (Wildman–Crippen MR) is 91.0 cm³/mol. The smallest absolute Gasteiger partial charge is 0.322 e. The monoisotopic (exact) mass is 337 g/mol. The van der Waals surface area contributed by atoms with Gasteiger partial charge in [-0.25, -0.2) is 4.79 Å². The number of carbonyl (C=O) groups is 1. The number of carbonyl (C=O) groups excluding carboxylic acids is 1. The van der Waals surface area contributed by atoms with Crippen LogP contribution in [0.4, 0.5) is 10.5 Å². The van der Waals surface area contributed by atoms with E-state index >= 15 is 0 Å². The number of aryl methyl sites for hydroxylation is 2. The topological polar surface area (TPSA) is 94.9 Å². The SMILES string of the molecule is CCCCc1cc(C)c(NC(=O)N2CCO[C@H]([C@@H](O)CO)C2)cn1. The molecule has 2 rings (SSSR count). The fourth-order valence-corrected chi connectivity index (χ4v) is 2.64. The molecule has 2 amide bonds. The standard InChI is InChI=1S/C17H27N3O4/c1-3-4-5-13-8-12(2)14(9-18-13)19-17(23)20-6-7-24-16(10-20)15(22)11-21/h8-9,15-16,21-22H,3-7,10-11H2,1-2H3,(H,19,23)/t15-,16-/m0/s1. The van der Waals surface area contributed by atoms with Gasteiger partial charge in [0, 0.05) is 12.2 Å². The van der Waals surface area contributed by atoms with Crippen LogP contribution in [-0.4, -0.2) is 64.6 Å². The summed E-state index contributed by atoms with van der Waals surface area (Å²) in [4.78, 5) is 18.4. The molecule has 0 spiro atoms. The van der Waals surface area contributed by atoms with Gasteiger partial charge < -0.3 is 25.2 Å². The van der Waals surface area contributed by atoms with Crippen molar-refractivity contribution in [2.75, 3.05) is 31.6 Å². The van der Waals surface area contributed by atoms with E-state index in [-0.39, 0.29) is 19.2 Å². The Morgan fingerprint density at radius 1 is 1.58 bits per heavy atom. The lowest BCUT2D eigenvalue weighted by Crippen LogP contribution is -2.51. The van der Waals surface area contributed by atoms with Gasteiger partial charge in [-0.1, -0.05) is 13.3 Å². The van der Waals surface area contributed by atoms with Gasteiger partial charge in [-0.05, 0) is 31.4 Å². The Labute approximate surface area is 142 Å². The summed E-state index contributed by atoms with van der Waals surface area (Å²) in [6, 6.07) is 1.75. The minimum Gasteiger partial charge on any atom is -0.394 e. The first-order valence-corrected chi connectivity index (χ1v) is 8.47. The number of aliphatic hydroxyl groups excluding tert-OH is 2. The highest BCUT2D eigenvalue weighted by atomic mass is 16.5. The van der Waals surface area contributed by atoms with E-state index < -0.39 is 12.2 Å². The Kier molecular flexibility index (Phi) is 6.96. The summed E-state index contributed by atoms with van der Waals surface area (Å²) in [6.07, 6.45) is 3.30. The zero-order valence-corrected chi connectivity index (χ0v) is 14.4. The number of morpholine rings is 1. The van der Waals surface area contributed by atoms with Gasteiger partial charge in [0.2, 0.25) is 0 Å². The third-order valence-corrected chi connectivity index (χ3v) is 4.19. The number of unbranched alkanes of at least 4 members (excludes halogenated alkanes) is 1. The summed E-state index contributed by atoms with van der Waals surface area (Å²) in [6.45, 7) is 4.73. The van der Waals surface area contributed by atoms with Crippen molar-refractivity contribution in [2.45, 2.75) is 45.3 Å². The van der Waals surface area contributed by atoms with Crippen molar-refractivity contribution in [3.8, 4) is 0 Å². The van der Waals surface area contributed by atoms with Gasteiger partial charge in [0.05, 0.1) is 31.6 Å². The van der Waals surface area contributed by atoms with E-state index in [2.05, 4.69) is 17.2 Å². The van der Waals surface area contributed by atoms with E-state index in [1.807, 2.05) is 13.0 Å². The fourth-order valence-electron chi connectivity index (χ4n) is 2.64. The molecule has 2 atom stereocenters. The summed E-state index contributed by atoms with van der Waals surface area (Å²) >= 11 is 0. The molecular formula is C17H27N3O4. The molecule has 1 aliphatic rings. The highest BCUT2D eigenvalue weighted by molar-refractivity contribution is 5.90. The summed E-state index contributed by atoms with van der Waals surface area (Å²) in [5.41, 5.74) is 2.69. The summed E-state index contributed by atoms with van der Waals surface area (Å²) in [5.74, 6) is 0. The van der Waals surface area contributed by atoms with Gasteiger partial charge in [0.25, 0.3) is 0 Å². The molecule has 0 bridgehead atoms. The van der Waals surface area contributed by atoms with Crippen molar-refractivity contribution in [3.05, 3.63) is 23.5 Å². The molecule has 0 aliphatic carbocycles. The van der Waals surface area contributed by atoms with Crippen LogP contribution < -0.4 is 5.32 Å². The second kappa shape index (κ2) is 8.96. The number of nitrogens with zero attached hydrogens (tertiary/aromatic N) is 2. The number of ether oxygens (including phenoxy) is 1. The molecule has 1 aromatic heterocycles. The number of aliphatic hydroxyl groups is 2. The van der Waals surface area contributed by atoms with Gasteiger partial charge in [-0.15, -0.1) is 0 Å². The molecular weight excluding hydrogens is 310 g/mol. The van der Waals surface area contributed by atoms with Crippen LogP contribution in [0.25, 0.3) is 0 Å². The molecule has 1 saturated heterocycles. The van der Waals surface area contributed by atoms with E-state index in [1.54, 1.807) is 11.1 Å². The first kappa shape index (κ1) is 18.6. The van der Waals surface area contributed by atoms with Crippen molar-refractivity contribution < 1.29 is 19.7 Å². The average molecular weight is 337 g/mol. The normalized spacial score (nSPS) is 19.2. The van der Waals surface area contributed by atoms with E-state index in [0.29, 0.717) is 18.8 Å². The molecule has 0 radical (unpaired) electrons. The maximum absolute atomic E-state index is 12.4. The van der Waals surface area contributed by atoms with Gasteiger partial charge in [-0.3, -0.25) is 4.98 Å². The van der Waals surface area contributed by atoms with Gasteiger partial charge in [0.1, 0.15) is 12.2 Å². The molecule has 2 heterocycles. The van der Waals surface area contributed by atoms with Gasteiger partial charge >= 0.3 is 6.03 Å². The van der Waals surface area contributed by atoms with Crippen LogP contribution in [0.1, 0.15) is 31.0 Å². The maximum Gasteiger partial charge on any atom is 0.322 e. The molecule has 0 saturated carbocycles. The molecule has 24 heavy (non-hydrogen) atoms. The Morgan fingerprint density at radius 2 is 2.38 bits per heavy atom. The third kappa shape index (κ3) is 4.90. The number of urea groups is 1. The number of anilines is 1.